The minimum absolute atomic E-state index is 0.0798. The fourth-order valence-electron chi connectivity index (χ4n) is 3.22. The minimum atomic E-state index is -1.04. The molecule has 0 bridgehead atoms. The molecule has 0 spiro atoms. The first kappa shape index (κ1) is 27.0. The maximum absolute atomic E-state index is 12.7. The van der Waals surface area contributed by atoms with Crippen molar-refractivity contribution >= 4 is 57.5 Å². The first-order valence-corrected chi connectivity index (χ1v) is 13.0. The molecule has 0 radical (unpaired) electrons. The number of nitrogens with one attached hydrogen (secondary N) is 2. The Labute approximate surface area is 217 Å². The smallest absolute Gasteiger partial charge is 0.341 e. The van der Waals surface area contributed by atoms with Crippen molar-refractivity contribution in [3.63, 3.8) is 0 Å². The van der Waals surface area contributed by atoms with E-state index in [0.29, 0.717) is 21.8 Å². The number of aliphatic carboxylic acids is 1. The van der Waals surface area contributed by atoms with Crippen LogP contribution in [0.15, 0.2) is 58.8 Å². The molecule has 10 heteroatoms. The molecule has 1 aromatic heterocycles. The zero-order valence-corrected chi connectivity index (χ0v) is 21.5. The Kier molecular flexibility index (Phi) is 9.66. The Morgan fingerprint density at radius 2 is 1.75 bits per heavy atom. The monoisotopic (exact) mass is 526 g/mol. The van der Waals surface area contributed by atoms with Crippen LogP contribution < -0.4 is 10.6 Å². The molecule has 8 nitrogen and oxygen atoms in total. The largest absolute Gasteiger partial charge is 0.481 e. The number of amides is 2. The number of esters is 1. The number of carbonyl (C=O) groups is 4. The number of hydrogen-bond acceptors (Lipinski definition) is 7. The number of hydrogen-bond donors (Lipinski definition) is 3. The number of carbonyl (C=O) groups excluding carboxylic acids is 3. The Bertz CT molecular complexity index is 1250. The predicted molar refractivity (Wildman–Crippen MR) is 142 cm³/mol. The minimum Gasteiger partial charge on any atom is -0.481 e. The lowest BCUT2D eigenvalue weighted by atomic mass is 10.0. The zero-order chi connectivity index (χ0) is 26.1. The molecule has 3 aromatic rings. The molecule has 0 aliphatic rings. The summed E-state index contributed by atoms with van der Waals surface area (Å²) in [5, 5.41) is 16.4. The van der Waals surface area contributed by atoms with Gasteiger partial charge in [-0.3, -0.25) is 14.4 Å². The standard InChI is InChI=1S/C26H26N2O6S2/c1-3-34-26(33)24-20(17-9-7-16(2)8-10-17)14-36-25(24)28-22(30)15-35-19-6-4-5-18(13-19)27-21(29)11-12-23(31)32/h4-10,13-14H,3,11-12,15H2,1-2H3,(H,27,29)(H,28,30)(H,31,32). The van der Waals surface area contributed by atoms with Crippen LogP contribution in [0.25, 0.3) is 11.1 Å². The van der Waals surface area contributed by atoms with Crippen molar-refractivity contribution in [2.24, 2.45) is 0 Å². The van der Waals surface area contributed by atoms with Gasteiger partial charge in [-0.2, -0.15) is 0 Å². The van der Waals surface area contributed by atoms with Crippen LogP contribution in [-0.2, 0) is 19.1 Å². The highest BCUT2D eigenvalue weighted by molar-refractivity contribution is 8.00. The Balaban J connectivity index is 1.67. The lowest BCUT2D eigenvalue weighted by Crippen LogP contribution is -2.16. The Hall–Kier alpha value is -3.63. The van der Waals surface area contributed by atoms with Gasteiger partial charge in [0.1, 0.15) is 10.6 Å². The molecule has 1 heterocycles. The molecule has 0 saturated carbocycles. The number of thioether (sulfide) groups is 1. The van der Waals surface area contributed by atoms with Crippen molar-refractivity contribution in [2.75, 3.05) is 23.0 Å². The number of carboxylic acid groups (broad SMARTS) is 1. The first-order chi connectivity index (χ1) is 17.3. The van der Waals surface area contributed by atoms with E-state index < -0.39 is 17.8 Å². The maximum atomic E-state index is 12.7. The average molecular weight is 527 g/mol. The second kappa shape index (κ2) is 12.9. The van der Waals surface area contributed by atoms with Gasteiger partial charge in [-0.15, -0.1) is 23.1 Å². The summed E-state index contributed by atoms with van der Waals surface area (Å²) in [7, 11) is 0. The van der Waals surface area contributed by atoms with Crippen LogP contribution >= 0.6 is 23.1 Å². The molecular weight excluding hydrogens is 500 g/mol. The van der Waals surface area contributed by atoms with Crippen LogP contribution in [0, 0.1) is 6.92 Å². The number of aryl methyl sites for hydroxylation is 1. The SMILES string of the molecule is CCOC(=O)c1c(-c2ccc(C)cc2)csc1NC(=O)CSc1cccc(NC(=O)CCC(=O)O)c1. The van der Waals surface area contributed by atoms with Gasteiger partial charge in [0, 0.05) is 27.9 Å². The van der Waals surface area contributed by atoms with E-state index in [1.54, 1.807) is 31.2 Å². The summed E-state index contributed by atoms with van der Waals surface area (Å²) < 4.78 is 5.24. The summed E-state index contributed by atoms with van der Waals surface area (Å²) in [4.78, 5) is 48.7. The van der Waals surface area contributed by atoms with Crippen LogP contribution in [0.5, 0.6) is 0 Å². The number of thiophene rings is 1. The van der Waals surface area contributed by atoms with E-state index >= 15 is 0 Å². The molecule has 0 fully saturated rings. The summed E-state index contributed by atoms with van der Waals surface area (Å²) in [6.45, 7) is 3.93. The highest BCUT2D eigenvalue weighted by Gasteiger charge is 2.23. The molecule has 0 aliphatic heterocycles. The molecular formula is C26H26N2O6S2. The summed E-state index contributed by atoms with van der Waals surface area (Å²) >= 11 is 2.53. The third-order valence-corrected chi connectivity index (χ3v) is 6.83. The van der Waals surface area contributed by atoms with E-state index in [4.69, 9.17) is 9.84 Å². The van der Waals surface area contributed by atoms with E-state index in [-0.39, 0.29) is 31.1 Å². The number of carboxylic acids is 1. The molecule has 36 heavy (non-hydrogen) atoms. The molecule has 0 unspecified atom stereocenters. The second-order valence-corrected chi connectivity index (χ2v) is 9.68. The molecule has 0 atom stereocenters. The van der Waals surface area contributed by atoms with Crippen molar-refractivity contribution in [2.45, 2.75) is 31.6 Å². The highest BCUT2D eigenvalue weighted by Crippen LogP contribution is 2.36. The molecule has 3 N–H and O–H groups in total. The Morgan fingerprint density at radius 3 is 2.44 bits per heavy atom. The second-order valence-electron chi connectivity index (χ2n) is 7.75. The van der Waals surface area contributed by atoms with Gasteiger partial charge in [-0.1, -0.05) is 35.9 Å². The maximum Gasteiger partial charge on any atom is 0.341 e. The number of ether oxygens (including phenoxy) is 1. The van der Waals surface area contributed by atoms with Crippen LogP contribution in [0.4, 0.5) is 10.7 Å². The van der Waals surface area contributed by atoms with E-state index in [1.165, 1.54) is 23.1 Å². The van der Waals surface area contributed by atoms with E-state index in [0.717, 1.165) is 16.0 Å². The topological polar surface area (TPSA) is 122 Å². The quantitative estimate of drug-likeness (QED) is 0.225. The third-order valence-electron chi connectivity index (χ3n) is 4.94. The van der Waals surface area contributed by atoms with Crippen molar-refractivity contribution < 1.29 is 29.0 Å². The highest BCUT2D eigenvalue weighted by atomic mass is 32.2. The van der Waals surface area contributed by atoms with E-state index in [1.807, 2.05) is 36.6 Å². The third kappa shape index (κ3) is 7.69. The number of anilines is 2. The summed E-state index contributed by atoms with van der Waals surface area (Å²) in [5.41, 5.74) is 3.50. The van der Waals surface area contributed by atoms with Crippen molar-refractivity contribution in [1.29, 1.82) is 0 Å². The number of benzene rings is 2. The van der Waals surface area contributed by atoms with Crippen LogP contribution in [0.1, 0.15) is 35.7 Å². The molecule has 0 saturated heterocycles. The fourth-order valence-corrected chi connectivity index (χ4v) is 4.95. The van der Waals surface area contributed by atoms with Crippen LogP contribution in [0.3, 0.4) is 0 Å². The van der Waals surface area contributed by atoms with Gasteiger partial charge in [0.15, 0.2) is 0 Å². The van der Waals surface area contributed by atoms with Crippen LogP contribution in [-0.4, -0.2) is 41.2 Å². The molecule has 2 amide bonds. The molecule has 188 valence electrons. The van der Waals surface area contributed by atoms with Gasteiger partial charge in [0.2, 0.25) is 11.8 Å². The molecule has 3 rings (SSSR count). The van der Waals surface area contributed by atoms with Crippen LogP contribution in [0.2, 0.25) is 0 Å². The summed E-state index contributed by atoms with van der Waals surface area (Å²) in [5.74, 6) is -2.15. The summed E-state index contributed by atoms with van der Waals surface area (Å²) in [6.07, 6.45) is -0.369. The predicted octanol–water partition coefficient (Wildman–Crippen LogP) is 5.43. The summed E-state index contributed by atoms with van der Waals surface area (Å²) in [6, 6.07) is 14.7. The lowest BCUT2D eigenvalue weighted by Gasteiger charge is -2.10. The fraction of sp³-hybridized carbons (Fsp3) is 0.231. The van der Waals surface area contributed by atoms with Gasteiger partial charge < -0.3 is 20.5 Å². The van der Waals surface area contributed by atoms with Crippen molar-refractivity contribution in [1.82, 2.24) is 0 Å². The van der Waals surface area contributed by atoms with Gasteiger partial charge in [-0.05, 0) is 37.6 Å². The Morgan fingerprint density at radius 1 is 1.00 bits per heavy atom. The first-order valence-electron chi connectivity index (χ1n) is 11.2. The lowest BCUT2D eigenvalue weighted by molar-refractivity contribution is -0.138. The normalized spacial score (nSPS) is 10.5. The molecule has 2 aromatic carbocycles. The van der Waals surface area contributed by atoms with Gasteiger partial charge in [0.05, 0.1) is 18.8 Å². The average Bonchev–Trinajstić information content (AvgIpc) is 3.26. The van der Waals surface area contributed by atoms with Crippen molar-refractivity contribution in [3.8, 4) is 11.1 Å². The molecule has 0 aliphatic carbocycles. The van der Waals surface area contributed by atoms with Gasteiger partial charge in [0.25, 0.3) is 0 Å². The zero-order valence-electron chi connectivity index (χ0n) is 19.8. The van der Waals surface area contributed by atoms with E-state index in [2.05, 4.69) is 10.6 Å². The van der Waals surface area contributed by atoms with Gasteiger partial charge in [-0.25, -0.2) is 4.79 Å². The number of rotatable bonds is 11. The van der Waals surface area contributed by atoms with Gasteiger partial charge >= 0.3 is 11.9 Å². The van der Waals surface area contributed by atoms with E-state index in [9.17, 15) is 19.2 Å². The van der Waals surface area contributed by atoms with Crippen molar-refractivity contribution in [3.05, 3.63) is 65.0 Å².